The molecule has 0 saturated carbocycles. The minimum absolute atomic E-state index is 0.0982. The van der Waals surface area contributed by atoms with Crippen molar-refractivity contribution in [3.8, 4) is 0 Å². The van der Waals surface area contributed by atoms with Crippen molar-refractivity contribution in [1.29, 1.82) is 0 Å². The Labute approximate surface area is 104 Å². The van der Waals surface area contributed by atoms with E-state index in [4.69, 9.17) is 11.6 Å². The smallest absolute Gasteiger partial charge is 0.243 e. The van der Waals surface area contributed by atoms with E-state index in [9.17, 15) is 14.0 Å². The third-order valence-electron chi connectivity index (χ3n) is 2.30. The molecule has 0 heterocycles. The standard InChI is InChI=1S/C12H13ClFNO2/c1-2-10(12(13)17)15-11(16)7-8-3-5-9(14)6-4-8/h3-6,10H,2,7H2,1H3,(H,15,16). The lowest BCUT2D eigenvalue weighted by molar-refractivity contribution is -0.124. The molecule has 1 atom stereocenters. The molecule has 0 aromatic heterocycles. The maximum absolute atomic E-state index is 12.6. The molecule has 1 aromatic rings. The Kier molecular flexibility index (Phi) is 5.10. The van der Waals surface area contributed by atoms with Crippen molar-refractivity contribution >= 4 is 22.8 Å². The molecule has 1 N–H and O–H groups in total. The summed E-state index contributed by atoms with van der Waals surface area (Å²) < 4.78 is 12.6. The Morgan fingerprint density at radius 3 is 2.41 bits per heavy atom. The molecule has 1 amide bonds. The van der Waals surface area contributed by atoms with Gasteiger partial charge in [0.15, 0.2) is 0 Å². The molecule has 1 aromatic carbocycles. The van der Waals surface area contributed by atoms with Gasteiger partial charge in [-0.05, 0) is 35.7 Å². The fourth-order valence-corrected chi connectivity index (χ4v) is 1.56. The summed E-state index contributed by atoms with van der Waals surface area (Å²) in [6.45, 7) is 1.75. The van der Waals surface area contributed by atoms with Crippen molar-refractivity contribution in [2.75, 3.05) is 0 Å². The molecule has 1 rings (SSSR count). The number of rotatable bonds is 5. The lowest BCUT2D eigenvalue weighted by atomic mass is 10.1. The van der Waals surface area contributed by atoms with Gasteiger partial charge in [-0.25, -0.2) is 4.39 Å². The van der Waals surface area contributed by atoms with Crippen molar-refractivity contribution in [2.45, 2.75) is 25.8 Å². The second-order valence-electron chi connectivity index (χ2n) is 3.64. The molecule has 1 unspecified atom stereocenters. The lowest BCUT2D eigenvalue weighted by Gasteiger charge is -2.12. The molecule has 17 heavy (non-hydrogen) atoms. The predicted molar refractivity (Wildman–Crippen MR) is 63.2 cm³/mol. The number of carbonyl (C=O) groups excluding carboxylic acids is 2. The largest absolute Gasteiger partial charge is 0.345 e. The summed E-state index contributed by atoms with van der Waals surface area (Å²) in [5.41, 5.74) is 0.681. The average molecular weight is 258 g/mol. The highest BCUT2D eigenvalue weighted by molar-refractivity contribution is 6.64. The van der Waals surface area contributed by atoms with Crippen molar-refractivity contribution in [3.05, 3.63) is 35.6 Å². The van der Waals surface area contributed by atoms with Gasteiger partial charge >= 0.3 is 0 Å². The van der Waals surface area contributed by atoms with Gasteiger partial charge in [-0.1, -0.05) is 19.1 Å². The Morgan fingerprint density at radius 2 is 1.94 bits per heavy atom. The molecule has 3 nitrogen and oxygen atoms in total. The van der Waals surface area contributed by atoms with E-state index < -0.39 is 11.3 Å². The summed E-state index contributed by atoms with van der Waals surface area (Å²) in [5.74, 6) is -0.658. The van der Waals surface area contributed by atoms with Crippen molar-refractivity contribution in [1.82, 2.24) is 5.32 Å². The number of hydrogen-bond donors (Lipinski definition) is 1. The molecule has 0 aliphatic rings. The molecule has 0 bridgehead atoms. The van der Waals surface area contributed by atoms with E-state index >= 15 is 0 Å². The Morgan fingerprint density at radius 1 is 1.35 bits per heavy atom. The van der Waals surface area contributed by atoms with Gasteiger partial charge in [0.1, 0.15) is 11.9 Å². The van der Waals surface area contributed by atoms with E-state index in [-0.39, 0.29) is 18.1 Å². The van der Waals surface area contributed by atoms with Gasteiger partial charge < -0.3 is 5.32 Å². The predicted octanol–water partition coefficient (Wildman–Crippen LogP) is 2.03. The number of hydrogen-bond acceptors (Lipinski definition) is 2. The van der Waals surface area contributed by atoms with Crippen LogP contribution in [0.25, 0.3) is 0 Å². The van der Waals surface area contributed by atoms with Gasteiger partial charge in [0.25, 0.3) is 0 Å². The Hall–Kier alpha value is -1.42. The van der Waals surface area contributed by atoms with E-state index in [1.54, 1.807) is 6.92 Å². The maximum Gasteiger partial charge on any atom is 0.243 e. The SMILES string of the molecule is CCC(NC(=O)Cc1ccc(F)cc1)C(=O)Cl. The second-order valence-corrected chi connectivity index (χ2v) is 4.01. The minimum Gasteiger partial charge on any atom is -0.345 e. The van der Waals surface area contributed by atoms with Crippen LogP contribution >= 0.6 is 11.6 Å². The van der Waals surface area contributed by atoms with Gasteiger partial charge in [0.2, 0.25) is 11.1 Å². The molecular weight excluding hydrogens is 245 g/mol. The number of benzene rings is 1. The van der Waals surface area contributed by atoms with Crippen molar-refractivity contribution in [3.63, 3.8) is 0 Å². The molecule has 0 radical (unpaired) electrons. The van der Waals surface area contributed by atoms with Crippen molar-refractivity contribution < 1.29 is 14.0 Å². The van der Waals surface area contributed by atoms with E-state index in [2.05, 4.69) is 5.32 Å². The van der Waals surface area contributed by atoms with E-state index in [0.717, 1.165) is 0 Å². The fourth-order valence-electron chi connectivity index (χ4n) is 1.35. The molecule has 0 aliphatic heterocycles. The normalized spacial score (nSPS) is 11.9. The molecular formula is C12H13ClFNO2. The van der Waals surface area contributed by atoms with Crippen LogP contribution in [0.1, 0.15) is 18.9 Å². The lowest BCUT2D eigenvalue weighted by Crippen LogP contribution is -2.39. The zero-order chi connectivity index (χ0) is 12.8. The highest BCUT2D eigenvalue weighted by atomic mass is 35.5. The van der Waals surface area contributed by atoms with Crippen LogP contribution in [0.2, 0.25) is 0 Å². The molecule has 92 valence electrons. The van der Waals surface area contributed by atoms with Crippen LogP contribution < -0.4 is 5.32 Å². The van der Waals surface area contributed by atoms with Gasteiger partial charge in [-0.2, -0.15) is 0 Å². The summed E-state index contributed by atoms with van der Waals surface area (Å²) >= 11 is 5.31. The van der Waals surface area contributed by atoms with Crippen LogP contribution in [0.15, 0.2) is 24.3 Å². The van der Waals surface area contributed by atoms with Crippen LogP contribution in [0, 0.1) is 5.82 Å². The summed E-state index contributed by atoms with van der Waals surface area (Å²) in [6, 6.07) is 4.96. The molecule has 0 fully saturated rings. The third-order valence-corrected chi connectivity index (χ3v) is 2.56. The second kappa shape index (κ2) is 6.35. The van der Waals surface area contributed by atoms with Crippen LogP contribution in [-0.2, 0) is 16.0 Å². The first-order valence-corrected chi connectivity index (χ1v) is 5.64. The highest BCUT2D eigenvalue weighted by Gasteiger charge is 2.16. The zero-order valence-electron chi connectivity index (χ0n) is 9.37. The summed E-state index contributed by atoms with van der Waals surface area (Å²) in [5, 5.41) is 1.93. The van der Waals surface area contributed by atoms with Gasteiger partial charge in [0, 0.05) is 0 Å². The van der Waals surface area contributed by atoms with Crippen molar-refractivity contribution in [2.24, 2.45) is 0 Å². The van der Waals surface area contributed by atoms with E-state index in [1.165, 1.54) is 24.3 Å². The molecule has 0 aliphatic carbocycles. The maximum atomic E-state index is 12.6. The van der Waals surface area contributed by atoms with Crippen LogP contribution in [0.4, 0.5) is 4.39 Å². The minimum atomic E-state index is -0.662. The summed E-state index contributed by atoms with van der Waals surface area (Å²) in [4.78, 5) is 22.5. The average Bonchev–Trinajstić information content (AvgIpc) is 2.28. The third kappa shape index (κ3) is 4.53. The number of nitrogens with one attached hydrogen (secondary N) is 1. The first kappa shape index (κ1) is 13.6. The zero-order valence-corrected chi connectivity index (χ0v) is 10.1. The molecule has 0 saturated heterocycles. The Bertz CT molecular complexity index is 405. The topological polar surface area (TPSA) is 46.2 Å². The van der Waals surface area contributed by atoms with Gasteiger partial charge in [0.05, 0.1) is 6.42 Å². The monoisotopic (exact) mass is 257 g/mol. The molecule has 5 heteroatoms. The summed E-state index contributed by atoms with van der Waals surface area (Å²) in [6.07, 6.45) is 0.540. The van der Waals surface area contributed by atoms with Crippen LogP contribution in [0.5, 0.6) is 0 Å². The van der Waals surface area contributed by atoms with Gasteiger partial charge in [-0.3, -0.25) is 9.59 Å². The Balaban J connectivity index is 2.54. The van der Waals surface area contributed by atoms with E-state index in [0.29, 0.717) is 12.0 Å². The quantitative estimate of drug-likeness (QED) is 0.821. The number of carbonyl (C=O) groups is 2. The number of amides is 1. The first-order valence-electron chi connectivity index (χ1n) is 5.26. The van der Waals surface area contributed by atoms with Gasteiger partial charge in [-0.15, -0.1) is 0 Å². The van der Waals surface area contributed by atoms with E-state index in [1.807, 2.05) is 0 Å². The first-order chi connectivity index (χ1) is 8.02. The van der Waals surface area contributed by atoms with Crippen LogP contribution in [0.3, 0.4) is 0 Å². The highest BCUT2D eigenvalue weighted by Crippen LogP contribution is 2.04. The summed E-state index contributed by atoms with van der Waals surface area (Å²) in [7, 11) is 0. The molecule has 0 spiro atoms. The number of halogens is 2. The van der Waals surface area contributed by atoms with Crippen LogP contribution in [-0.4, -0.2) is 17.2 Å². The fraction of sp³-hybridized carbons (Fsp3) is 0.333.